The zero-order valence-corrected chi connectivity index (χ0v) is 12.2. The molecule has 0 atom stereocenters. The smallest absolute Gasteiger partial charge is 0.225 e. The SMILES string of the molecule is COCc1cccc(NC(=O)CCNC(C)(C)C)c1. The molecule has 0 aliphatic rings. The van der Waals surface area contributed by atoms with E-state index >= 15 is 0 Å². The summed E-state index contributed by atoms with van der Waals surface area (Å²) >= 11 is 0. The Labute approximate surface area is 115 Å². The second-order valence-electron chi connectivity index (χ2n) is 5.61. The Morgan fingerprint density at radius 3 is 2.68 bits per heavy atom. The minimum Gasteiger partial charge on any atom is -0.380 e. The minimum absolute atomic E-state index is 0.0197. The topological polar surface area (TPSA) is 50.4 Å². The first kappa shape index (κ1) is 15.7. The van der Waals surface area contributed by atoms with Gasteiger partial charge in [-0.25, -0.2) is 0 Å². The first-order valence-corrected chi connectivity index (χ1v) is 6.53. The Kier molecular flexibility index (Phi) is 5.99. The molecule has 0 aliphatic carbocycles. The number of ether oxygens (including phenoxy) is 1. The Hall–Kier alpha value is -1.39. The van der Waals surface area contributed by atoms with Crippen LogP contribution in [0, 0.1) is 0 Å². The second kappa shape index (κ2) is 7.26. The van der Waals surface area contributed by atoms with Gasteiger partial charge in [0.1, 0.15) is 0 Å². The summed E-state index contributed by atoms with van der Waals surface area (Å²) in [6.45, 7) is 7.47. The van der Waals surface area contributed by atoms with E-state index in [4.69, 9.17) is 4.74 Å². The molecule has 1 amide bonds. The third-order valence-corrected chi connectivity index (χ3v) is 2.53. The summed E-state index contributed by atoms with van der Waals surface area (Å²) in [5.41, 5.74) is 1.90. The van der Waals surface area contributed by atoms with Gasteiger partial charge in [-0.1, -0.05) is 12.1 Å². The average molecular weight is 264 g/mol. The van der Waals surface area contributed by atoms with Crippen LogP contribution in [0.15, 0.2) is 24.3 Å². The van der Waals surface area contributed by atoms with Gasteiger partial charge < -0.3 is 15.4 Å². The number of hydrogen-bond acceptors (Lipinski definition) is 3. The first-order chi connectivity index (χ1) is 8.90. The predicted molar refractivity (Wildman–Crippen MR) is 78.2 cm³/mol. The number of rotatable bonds is 6. The highest BCUT2D eigenvalue weighted by molar-refractivity contribution is 5.90. The van der Waals surface area contributed by atoms with Gasteiger partial charge in [0.25, 0.3) is 0 Å². The quantitative estimate of drug-likeness (QED) is 0.830. The van der Waals surface area contributed by atoms with Crippen molar-refractivity contribution in [1.29, 1.82) is 0 Å². The second-order valence-corrected chi connectivity index (χ2v) is 5.61. The zero-order chi connectivity index (χ0) is 14.3. The maximum Gasteiger partial charge on any atom is 0.225 e. The number of amides is 1. The number of carbonyl (C=O) groups is 1. The lowest BCUT2D eigenvalue weighted by Gasteiger charge is -2.20. The molecular weight excluding hydrogens is 240 g/mol. The molecule has 0 saturated carbocycles. The molecule has 0 aliphatic heterocycles. The van der Waals surface area contributed by atoms with Crippen molar-refractivity contribution in [3.8, 4) is 0 Å². The normalized spacial score (nSPS) is 11.4. The predicted octanol–water partition coefficient (Wildman–Crippen LogP) is 2.55. The van der Waals surface area contributed by atoms with E-state index in [0.717, 1.165) is 11.3 Å². The van der Waals surface area contributed by atoms with Crippen molar-refractivity contribution >= 4 is 11.6 Å². The molecule has 0 saturated heterocycles. The van der Waals surface area contributed by atoms with Crippen LogP contribution in [0.1, 0.15) is 32.8 Å². The molecule has 0 unspecified atom stereocenters. The van der Waals surface area contributed by atoms with Crippen molar-refractivity contribution in [3.63, 3.8) is 0 Å². The van der Waals surface area contributed by atoms with Gasteiger partial charge in [0, 0.05) is 31.3 Å². The molecule has 106 valence electrons. The number of methoxy groups -OCH3 is 1. The molecule has 1 aromatic carbocycles. The summed E-state index contributed by atoms with van der Waals surface area (Å²) in [5.74, 6) is 0.0197. The molecular formula is C15H24N2O2. The zero-order valence-electron chi connectivity index (χ0n) is 12.2. The third kappa shape index (κ3) is 6.94. The van der Waals surface area contributed by atoms with Crippen LogP contribution in [-0.2, 0) is 16.1 Å². The highest BCUT2D eigenvalue weighted by Crippen LogP contribution is 2.11. The summed E-state index contributed by atoms with van der Waals surface area (Å²) < 4.78 is 5.07. The van der Waals surface area contributed by atoms with Gasteiger partial charge in [0.05, 0.1) is 6.61 Å². The summed E-state index contributed by atoms with van der Waals surface area (Å²) in [5, 5.41) is 6.18. The van der Waals surface area contributed by atoms with Crippen LogP contribution in [-0.4, -0.2) is 25.1 Å². The Morgan fingerprint density at radius 1 is 1.32 bits per heavy atom. The van der Waals surface area contributed by atoms with Crippen molar-refractivity contribution < 1.29 is 9.53 Å². The average Bonchev–Trinajstić information content (AvgIpc) is 2.28. The van der Waals surface area contributed by atoms with Crippen LogP contribution in [0.3, 0.4) is 0 Å². The molecule has 19 heavy (non-hydrogen) atoms. The first-order valence-electron chi connectivity index (χ1n) is 6.53. The Morgan fingerprint density at radius 2 is 2.05 bits per heavy atom. The maximum absolute atomic E-state index is 11.8. The van der Waals surface area contributed by atoms with Crippen molar-refractivity contribution in [2.24, 2.45) is 0 Å². The van der Waals surface area contributed by atoms with Gasteiger partial charge in [-0.3, -0.25) is 4.79 Å². The summed E-state index contributed by atoms with van der Waals surface area (Å²) in [7, 11) is 1.66. The minimum atomic E-state index is 0.0197. The van der Waals surface area contributed by atoms with E-state index in [9.17, 15) is 4.79 Å². The number of nitrogens with one attached hydrogen (secondary N) is 2. The van der Waals surface area contributed by atoms with Gasteiger partial charge in [-0.2, -0.15) is 0 Å². The highest BCUT2D eigenvalue weighted by Gasteiger charge is 2.09. The fourth-order valence-corrected chi connectivity index (χ4v) is 1.68. The number of hydrogen-bond donors (Lipinski definition) is 2. The highest BCUT2D eigenvalue weighted by atomic mass is 16.5. The van der Waals surface area contributed by atoms with Crippen molar-refractivity contribution in [2.75, 3.05) is 19.0 Å². The molecule has 1 aromatic rings. The summed E-state index contributed by atoms with van der Waals surface area (Å²) in [6, 6.07) is 7.70. The van der Waals surface area contributed by atoms with E-state index in [2.05, 4.69) is 31.4 Å². The van der Waals surface area contributed by atoms with Gasteiger partial charge in [0.2, 0.25) is 5.91 Å². The summed E-state index contributed by atoms with van der Waals surface area (Å²) in [4.78, 5) is 11.8. The van der Waals surface area contributed by atoms with Crippen LogP contribution in [0.5, 0.6) is 0 Å². The van der Waals surface area contributed by atoms with Crippen molar-refractivity contribution in [3.05, 3.63) is 29.8 Å². The molecule has 0 bridgehead atoms. The van der Waals surface area contributed by atoms with Gasteiger partial charge in [0.15, 0.2) is 0 Å². The van der Waals surface area contributed by atoms with E-state index in [1.54, 1.807) is 7.11 Å². The number of anilines is 1. The standard InChI is InChI=1S/C15H24N2O2/c1-15(2,3)16-9-8-14(18)17-13-7-5-6-12(10-13)11-19-4/h5-7,10,16H,8-9,11H2,1-4H3,(H,17,18). The number of benzene rings is 1. The molecule has 0 spiro atoms. The van der Waals surface area contributed by atoms with Crippen LogP contribution in [0.4, 0.5) is 5.69 Å². The lowest BCUT2D eigenvalue weighted by Crippen LogP contribution is -2.37. The molecule has 2 N–H and O–H groups in total. The Balaban J connectivity index is 2.41. The van der Waals surface area contributed by atoms with E-state index < -0.39 is 0 Å². The van der Waals surface area contributed by atoms with E-state index in [1.807, 2.05) is 24.3 Å². The number of carbonyl (C=O) groups excluding carboxylic acids is 1. The third-order valence-electron chi connectivity index (χ3n) is 2.53. The summed E-state index contributed by atoms with van der Waals surface area (Å²) in [6.07, 6.45) is 0.464. The lowest BCUT2D eigenvalue weighted by molar-refractivity contribution is -0.116. The lowest BCUT2D eigenvalue weighted by atomic mass is 10.1. The molecule has 0 aromatic heterocycles. The monoisotopic (exact) mass is 264 g/mol. The molecule has 1 rings (SSSR count). The van der Waals surface area contributed by atoms with Crippen molar-refractivity contribution in [1.82, 2.24) is 5.32 Å². The van der Waals surface area contributed by atoms with E-state index in [-0.39, 0.29) is 11.4 Å². The fourth-order valence-electron chi connectivity index (χ4n) is 1.68. The van der Waals surface area contributed by atoms with Crippen LogP contribution >= 0.6 is 0 Å². The van der Waals surface area contributed by atoms with Crippen molar-refractivity contribution in [2.45, 2.75) is 39.3 Å². The van der Waals surface area contributed by atoms with Crippen LogP contribution in [0.2, 0.25) is 0 Å². The van der Waals surface area contributed by atoms with Gasteiger partial charge >= 0.3 is 0 Å². The van der Waals surface area contributed by atoms with E-state index in [1.165, 1.54) is 0 Å². The fraction of sp³-hybridized carbons (Fsp3) is 0.533. The Bertz CT molecular complexity index is 411. The maximum atomic E-state index is 11.8. The van der Waals surface area contributed by atoms with Gasteiger partial charge in [-0.05, 0) is 38.5 Å². The van der Waals surface area contributed by atoms with E-state index in [0.29, 0.717) is 19.6 Å². The molecule has 0 heterocycles. The molecule has 4 heteroatoms. The molecule has 0 fully saturated rings. The van der Waals surface area contributed by atoms with Crippen LogP contribution in [0.25, 0.3) is 0 Å². The largest absolute Gasteiger partial charge is 0.380 e. The molecule has 0 radical (unpaired) electrons. The molecule has 4 nitrogen and oxygen atoms in total. The van der Waals surface area contributed by atoms with Crippen LogP contribution < -0.4 is 10.6 Å². The van der Waals surface area contributed by atoms with Gasteiger partial charge in [-0.15, -0.1) is 0 Å².